The van der Waals surface area contributed by atoms with Gasteiger partial charge in [0.25, 0.3) is 0 Å². The number of carbonyl (C=O) groups excluding carboxylic acids is 1. The van der Waals surface area contributed by atoms with Crippen molar-refractivity contribution >= 4 is 30.0 Å². The Morgan fingerprint density at radius 1 is 1.67 bits per heavy atom. The van der Waals surface area contributed by atoms with Crippen molar-refractivity contribution in [2.45, 2.75) is 6.92 Å². The summed E-state index contributed by atoms with van der Waals surface area (Å²) in [7, 11) is 0. The van der Waals surface area contributed by atoms with Crippen molar-refractivity contribution in [2.24, 2.45) is 5.92 Å². The largest absolute Gasteiger partial charge is 0.466 e. The van der Waals surface area contributed by atoms with Gasteiger partial charge in [-0.05, 0) is 6.92 Å². The molecule has 1 heterocycles. The summed E-state index contributed by atoms with van der Waals surface area (Å²) >= 11 is 5.52. The number of alkyl halides is 1. The molecule has 0 aliphatic carbocycles. The summed E-state index contributed by atoms with van der Waals surface area (Å²) in [5.74, 6) is -0.0254. The molecule has 1 fully saturated rings. The molecule has 0 aromatic heterocycles. The maximum Gasteiger partial charge on any atom is 0.311 e. The number of rotatable bonds is 3. The van der Waals surface area contributed by atoms with Gasteiger partial charge in [0.05, 0.1) is 18.5 Å². The Bertz CT molecular complexity index is 148. The smallest absolute Gasteiger partial charge is 0.311 e. The number of esters is 1. The van der Waals surface area contributed by atoms with Crippen LogP contribution in [0.4, 0.5) is 0 Å². The van der Waals surface area contributed by atoms with Crippen LogP contribution in [0, 0.1) is 5.92 Å². The lowest BCUT2D eigenvalue weighted by Crippen LogP contribution is -2.50. The predicted molar refractivity (Wildman–Crippen MR) is 49.7 cm³/mol. The molecule has 0 N–H and O–H groups in total. The van der Waals surface area contributed by atoms with E-state index in [2.05, 4.69) is 0 Å². The maximum absolute atomic E-state index is 11.0. The Morgan fingerprint density at radius 2 is 2.25 bits per heavy atom. The van der Waals surface area contributed by atoms with Crippen molar-refractivity contribution in [1.82, 2.24) is 4.90 Å². The lowest BCUT2D eigenvalue weighted by Gasteiger charge is -2.35. The summed E-state index contributed by atoms with van der Waals surface area (Å²) in [6.07, 6.45) is 0. The molecule has 1 rings (SSSR count). The Labute approximate surface area is 83.4 Å². The van der Waals surface area contributed by atoms with Crippen LogP contribution >= 0.6 is 24.0 Å². The van der Waals surface area contributed by atoms with Gasteiger partial charge in [-0.25, -0.2) is 0 Å². The minimum absolute atomic E-state index is 0. The molecule has 0 amide bonds. The maximum atomic E-state index is 11.0. The van der Waals surface area contributed by atoms with Gasteiger partial charge in [0.2, 0.25) is 0 Å². The fourth-order valence-corrected chi connectivity index (χ4v) is 1.27. The predicted octanol–water partition coefficient (Wildman–Crippen LogP) is 1.10. The van der Waals surface area contributed by atoms with Crippen molar-refractivity contribution in [1.29, 1.82) is 0 Å². The highest BCUT2D eigenvalue weighted by molar-refractivity contribution is 6.17. The van der Waals surface area contributed by atoms with Crippen LogP contribution in [0.2, 0.25) is 0 Å². The number of likely N-dealkylation sites (tertiary alicyclic amines) is 1. The molecule has 3 nitrogen and oxygen atoms in total. The lowest BCUT2D eigenvalue weighted by atomic mass is 10.0. The summed E-state index contributed by atoms with van der Waals surface area (Å²) in [4.78, 5) is 13.0. The van der Waals surface area contributed by atoms with Gasteiger partial charge in [0, 0.05) is 13.1 Å². The molecule has 0 aromatic rings. The van der Waals surface area contributed by atoms with E-state index in [1.165, 1.54) is 0 Å². The first-order chi connectivity index (χ1) is 5.27. The molecular weight excluding hydrogens is 201 g/mol. The SMILES string of the molecule is CCOC(=O)C1CN(CCl)C1.Cl. The highest BCUT2D eigenvalue weighted by Crippen LogP contribution is 2.16. The van der Waals surface area contributed by atoms with Crippen molar-refractivity contribution in [3.05, 3.63) is 0 Å². The third kappa shape index (κ3) is 2.81. The molecule has 5 heteroatoms. The van der Waals surface area contributed by atoms with Crippen LogP contribution in [-0.4, -0.2) is 36.6 Å². The monoisotopic (exact) mass is 213 g/mol. The number of nitrogens with zero attached hydrogens (tertiary/aromatic N) is 1. The quantitative estimate of drug-likeness (QED) is 0.400. The number of halogens is 2. The third-order valence-electron chi connectivity index (χ3n) is 1.75. The normalized spacial score (nSPS) is 17.8. The zero-order valence-corrected chi connectivity index (χ0v) is 8.53. The van der Waals surface area contributed by atoms with Gasteiger partial charge in [0.15, 0.2) is 0 Å². The molecule has 0 spiro atoms. The van der Waals surface area contributed by atoms with Crippen LogP contribution in [0.25, 0.3) is 0 Å². The first kappa shape index (κ1) is 12.0. The van der Waals surface area contributed by atoms with Gasteiger partial charge in [-0.15, -0.1) is 24.0 Å². The Hall–Kier alpha value is 0.01000. The number of ether oxygens (including phenoxy) is 1. The highest BCUT2D eigenvalue weighted by atomic mass is 35.5. The standard InChI is InChI=1S/C7H12ClNO2.ClH/c1-2-11-7(10)6-3-9(4-6)5-8;/h6H,2-5H2,1H3;1H. The first-order valence-corrected chi connectivity index (χ1v) is 4.26. The topological polar surface area (TPSA) is 29.5 Å². The summed E-state index contributed by atoms with van der Waals surface area (Å²) < 4.78 is 4.83. The van der Waals surface area contributed by atoms with E-state index >= 15 is 0 Å². The first-order valence-electron chi connectivity index (χ1n) is 3.73. The number of hydrogen-bond acceptors (Lipinski definition) is 3. The molecule has 0 radical (unpaired) electrons. The van der Waals surface area contributed by atoms with E-state index in [0.717, 1.165) is 13.1 Å². The second-order valence-electron chi connectivity index (χ2n) is 2.60. The zero-order chi connectivity index (χ0) is 8.27. The van der Waals surface area contributed by atoms with Crippen LogP contribution < -0.4 is 0 Å². The van der Waals surface area contributed by atoms with E-state index in [1.807, 2.05) is 11.8 Å². The van der Waals surface area contributed by atoms with Crippen molar-refractivity contribution in [3.63, 3.8) is 0 Å². The zero-order valence-electron chi connectivity index (χ0n) is 6.96. The minimum atomic E-state index is -0.0890. The van der Waals surface area contributed by atoms with Crippen LogP contribution in [0.15, 0.2) is 0 Å². The number of hydrogen-bond donors (Lipinski definition) is 0. The molecule has 0 saturated carbocycles. The fourth-order valence-electron chi connectivity index (χ4n) is 1.08. The van der Waals surface area contributed by atoms with E-state index in [0.29, 0.717) is 12.6 Å². The Morgan fingerprint density at radius 3 is 2.67 bits per heavy atom. The molecule has 1 aliphatic heterocycles. The molecule has 0 unspecified atom stereocenters. The van der Waals surface area contributed by atoms with Crippen LogP contribution in [-0.2, 0) is 9.53 Å². The minimum Gasteiger partial charge on any atom is -0.466 e. The molecule has 1 aliphatic rings. The van der Waals surface area contributed by atoms with Crippen LogP contribution in [0.5, 0.6) is 0 Å². The highest BCUT2D eigenvalue weighted by Gasteiger charge is 2.32. The van der Waals surface area contributed by atoms with Gasteiger partial charge in [-0.2, -0.15) is 0 Å². The van der Waals surface area contributed by atoms with Gasteiger partial charge in [0.1, 0.15) is 0 Å². The van der Waals surface area contributed by atoms with Crippen LogP contribution in [0.1, 0.15) is 6.92 Å². The van der Waals surface area contributed by atoms with E-state index in [1.54, 1.807) is 0 Å². The molecule has 72 valence electrons. The van der Waals surface area contributed by atoms with Crippen LogP contribution in [0.3, 0.4) is 0 Å². The van der Waals surface area contributed by atoms with E-state index in [4.69, 9.17) is 16.3 Å². The van der Waals surface area contributed by atoms with Crippen molar-refractivity contribution < 1.29 is 9.53 Å². The summed E-state index contributed by atoms with van der Waals surface area (Å²) in [5, 5.41) is 0. The van der Waals surface area contributed by atoms with Gasteiger partial charge >= 0.3 is 5.97 Å². The Balaban J connectivity index is 0.00000121. The van der Waals surface area contributed by atoms with E-state index < -0.39 is 0 Å². The number of carbonyl (C=O) groups is 1. The third-order valence-corrected chi connectivity index (χ3v) is 2.08. The molecule has 0 aromatic carbocycles. The summed E-state index contributed by atoms with van der Waals surface area (Å²) in [5.41, 5.74) is 0. The molecular formula is C7H13Cl2NO2. The summed E-state index contributed by atoms with van der Waals surface area (Å²) in [6.45, 7) is 3.79. The Kier molecular flexibility index (Phi) is 5.63. The second kappa shape index (κ2) is 5.62. The molecule has 1 saturated heterocycles. The van der Waals surface area contributed by atoms with E-state index in [-0.39, 0.29) is 24.3 Å². The average molecular weight is 214 g/mol. The fraction of sp³-hybridized carbons (Fsp3) is 0.857. The van der Waals surface area contributed by atoms with Gasteiger partial charge in [-0.3, -0.25) is 9.69 Å². The van der Waals surface area contributed by atoms with Gasteiger partial charge in [-0.1, -0.05) is 0 Å². The lowest BCUT2D eigenvalue weighted by molar-refractivity contribution is -0.153. The molecule has 0 bridgehead atoms. The molecule has 12 heavy (non-hydrogen) atoms. The summed E-state index contributed by atoms with van der Waals surface area (Å²) in [6, 6.07) is 0.510. The van der Waals surface area contributed by atoms with Gasteiger partial charge < -0.3 is 4.74 Å². The van der Waals surface area contributed by atoms with Crippen molar-refractivity contribution in [3.8, 4) is 0 Å². The second-order valence-corrected chi connectivity index (χ2v) is 2.84. The van der Waals surface area contributed by atoms with Crippen molar-refractivity contribution in [2.75, 3.05) is 25.7 Å². The molecule has 0 atom stereocenters. The van der Waals surface area contributed by atoms with E-state index in [9.17, 15) is 4.79 Å². The average Bonchev–Trinajstić information content (AvgIpc) is 1.86.